The fourth-order valence-corrected chi connectivity index (χ4v) is 4.30. The van der Waals surface area contributed by atoms with Crippen molar-refractivity contribution < 1.29 is 17.6 Å². The Morgan fingerprint density at radius 3 is 2.36 bits per heavy atom. The molecule has 28 heavy (non-hydrogen) atoms. The molecule has 5 nitrogen and oxygen atoms in total. The van der Waals surface area contributed by atoms with E-state index in [0.717, 1.165) is 17.7 Å². The number of hydrogen-bond donors (Lipinski definition) is 1. The van der Waals surface area contributed by atoms with E-state index in [4.69, 9.17) is 0 Å². The Morgan fingerprint density at radius 1 is 0.929 bits per heavy atom. The predicted octanol–water partition coefficient (Wildman–Crippen LogP) is 3.83. The smallest absolute Gasteiger partial charge is 0.261 e. The summed E-state index contributed by atoms with van der Waals surface area (Å²) in [5, 5.41) is 0. The van der Waals surface area contributed by atoms with E-state index < -0.39 is 15.8 Å². The van der Waals surface area contributed by atoms with Crippen LogP contribution in [0.3, 0.4) is 0 Å². The first-order chi connectivity index (χ1) is 13.5. The summed E-state index contributed by atoms with van der Waals surface area (Å²) in [6.45, 7) is 0.590. The van der Waals surface area contributed by atoms with Crippen molar-refractivity contribution >= 4 is 27.3 Å². The van der Waals surface area contributed by atoms with Gasteiger partial charge in [-0.05, 0) is 54.4 Å². The van der Waals surface area contributed by atoms with E-state index in [1.807, 2.05) is 24.3 Å². The Hall–Kier alpha value is -3.19. The van der Waals surface area contributed by atoms with Gasteiger partial charge in [-0.25, -0.2) is 12.8 Å². The summed E-state index contributed by atoms with van der Waals surface area (Å²) in [4.78, 5) is 14.5. The van der Waals surface area contributed by atoms with Crippen LogP contribution in [0, 0.1) is 5.82 Å². The molecule has 1 N–H and O–H groups in total. The van der Waals surface area contributed by atoms with E-state index in [9.17, 15) is 17.6 Å². The number of halogens is 1. The highest BCUT2D eigenvalue weighted by atomic mass is 32.2. The van der Waals surface area contributed by atoms with Crippen molar-refractivity contribution in [3.63, 3.8) is 0 Å². The molecule has 1 aliphatic heterocycles. The number of benzene rings is 3. The Labute approximate surface area is 162 Å². The normalized spacial score (nSPS) is 13.2. The number of anilines is 2. The number of nitrogens with one attached hydrogen (secondary N) is 1. The molecule has 0 radical (unpaired) electrons. The first-order valence-corrected chi connectivity index (χ1v) is 10.2. The third-order valence-corrected chi connectivity index (χ3v) is 6.04. The molecule has 7 heteroatoms. The minimum absolute atomic E-state index is 0.0471. The molecule has 0 saturated heterocycles. The number of fused-ring (bicyclic) bond motifs is 1. The number of carbonyl (C=O) groups excluding carboxylic acids is 1. The van der Waals surface area contributed by atoms with Gasteiger partial charge in [0.25, 0.3) is 15.9 Å². The molecule has 4 rings (SSSR count). The van der Waals surface area contributed by atoms with E-state index >= 15 is 0 Å². The van der Waals surface area contributed by atoms with Gasteiger partial charge in [-0.2, -0.15) is 0 Å². The number of carbonyl (C=O) groups is 1. The first kappa shape index (κ1) is 18.2. The van der Waals surface area contributed by atoms with Crippen molar-refractivity contribution in [2.45, 2.75) is 11.3 Å². The second-order valence-electron chi connectivity index (χ2n) is 6.45. The predicted molar refractivity (Wildman–Crippen MR) is 105 cm³/mol. The van der Waals surface area contributed by atoms with Crippen LogP contribution in [0.2, 0.25) is 0 Å². The summed E-state index contributed by atoms with van der Waals surface area (Å²) < 4.78 is 40.9. The zero-order valence-corrected chi connectivity index (χ0v) is 15.6. The van der Waals surface area contributed by atoms with Crippen molar-refractivity contribution in [2.24, 2.45) is 0 Å². The zero-order valence-electron chi connectivity index (χ0n) is 14.8. The molecule has 0 spiro atoms. The van der Waals surface area contributed by atoms with Crippen LogP contribution in [-0.4, -0.2) is 20.9 Å². The number of nitrogens with zero attached hydrogens (tertiary/aromatic N) is 1. The molecule has 0 aromatic heterocycles. The van der Waals surface area contributed by atoms with Gasteiger partial charge in [-0.15, -0.1) is 0 Å². The van der Waals surface area contributed by atoms with Crippen LogP contribution in [0.5, 0.6) is 0 Å². The average Bonchev–Trinajstić information content (AvgIpc) is 3.13. The fourth-order valence-electron chi connectivity index (χ4n) is 3.23. The van der Waals surface area contributed by atoms with E-state index in [0.29, 0.717) is 12.1 Å². The summed E-state index contributed by atoms with van der Waals surface area (Å²) in [6, 6.07) is 18.9. The van der Waals surface area contributed by atoms with Crippen molar-refractivity contribution in [3.8, 4) is 0 Å². The first-order valence-electron chi connectivity index (χ1n) is 8.73. The summed E-state index contributed by atoms with van der Waals surface area (Å²) >= 11 is 0. The van der Waals surface area contributed by atoms with Gasteiger partial charge in [0.05, 0.1) is 10.6 Å². The van der Waals surface area contributed by atoms with Gasteiger partial charge < -0.3 is 4.90 Å². The molecule has 0 atom stereocenters. The third kappa shape index (κ3) is 3.36. The maximum Gasteiger partial charge on any atom is 0.261 e. The molecule has 0 aliphatic carbocycles. The molecule has 1 aliphatic rings. The van der Waals surface area contributed by atoms with Gasteiger partial charge in [-0.1, -0.05) is 30.3 Å². The van der Waals surface area contributed by atoms with Gasteiger partial charge >= 0.3 is 0 Å². The van der Waals surface area contributed by atoms with Gasteiger partial charge in [-0.3, -0.25) is 9.52 Å². The molecule has 0 bridgehead atoms. The van der Waals surface area contributed by atoms with Crippen LogP contribution in [0.15, 0.2) is 77.7 Å². The van der Waals surface area contributed by atoms with Crippen molar-refractivity contribution in [1.82, 2.24) is 0 Å². The maximum atomic E-state index is 13.7. The van der Waals surface area contributed by atoms with E-state index in [1.165, 1.54) is 48.5 Å². The van der Waals surface area contributed by atoms with Gasteiger partial charge in [0.2, 0.25) is 0 Å². The summed E-state index contributed by atoms with van der Waals surface area (Å²) in [5.41, 5.74) is 2.26. The largest absolute Gasteiger partial charge is 0.308 e. The topological polar surface area (TPSA) is 66.5 Å². The minimum Gasteiger partial charge on any atom is -0.308 e. The van der Waals surface area contributed by atoms with E-state index in [1.54, 1.807) is 4.90 Å². The molecular formula is C21H17FN2O3S. The summed E-state index contributed by atoms with van der Waals surface area (Å²) in [5.74, 6) is -0.846. The van der Waals surface area contributed by atoms with Crippen LogP contribution in [0.25, 0.3) is 0 Å². The van der Waals surface area contributed by atoms with Crippen molar-refractivity contribution in [3.05, 3.63) is 89.7 Å². The highest BCUT2D eigenvalue weighted by molar-refractivity contribution is 7.92. The lowest BCUT2D eigenvalue weighted by atomic mass is 10.1. The SMILES string of the molecule is O=C(c1ccc(S(=O)(=O)Nc2ccccc2F)cc1)N1CCc2ccccc21. The quantitative estimate of drug-likeness (QED) is 0.729. The number of amides is 1. The lowest BCUT2D eigenvalue weighted by Gasteiger charge is -2.17. The lowest BCUT2D eigenvalue weighted by Crippen LogP contribution is -2.28. The van der Waals surface area contributed by atoms with Gasteiger partial charge in [0, 0.05) is 17.8 Å². The summed E-state index contributed by atoms with van der Waals surface area (Å²) in [6.07, 6.45) is 0.793. The average molecular weight is 396 g/mol. The molecule has 142 valence electrons. The fraction of sp³-hybridized carbons (Fsp3) is 0.0952. The van der Waals surface area contributed by atoms with Crippen molar-refractivity contribution in [2.75, 3.05) is 16.2 Å². The van der Waals surface area contributed by atoms with Crippen LogP contribution in [0.1, 0.15) is 15.9 Å². The Morgan fingerprint density at radius 2 is 1.61 bits per heavy atom. The molecular weight excluding hydrogens is 379 g/mol. The number of hydrogen-bond acceptors (Lipinski definition) is 3. The molecule has 0 fully saturated rings. The standard InChI is InChI=1S/C21H17FN2O3S/c22-18-6-2-3-7-19(18)23-28(26,27)17-11-9-16(10-12-17)21(25)24-14-13-15-5-1-4-8-20(15)24/h1-12,23H,13-14H2. The van der Waals surface area contributed by atoms with Crippen LogP contribution < -0.4 is 9.62 Å². The van der Waals surface area contributed by atoms with Crippen LogP contribution in [0.4, 0.5) is 15.8 Å². The van der Waals surface area contributed by atoms with Crippen molar-refractivity contribution in [1.29, 1.82) is 0 Å². The second-order valence-corrected chi connectivity index (χ2v) is 8.13. The Balaban J connectivity index is 1.56. The molecule has 0 unspecified atom stereocenters. The summed E-state index contributed by atoms with van der Waals surface area (Å²) in [7, 11) is -3.96. The molecule has 1 amide bonds. The Kier molecular flexibility index (Phi) is 4.60. The second kappa shape index (κ2) is 7.09. The van der Waals surface area contributed by atoms with Crippen LogP contribution >= 0.6 is 0 Å². The molecule has 3 aromatic carbocycles. The zero-order chi connectivity index (χ0) is 19.7. The maximum absolute atomic E-state index is 13.7. The number of para-hydroxylation sites is 2. The minimum atomic E-state index is -3.96. The van der Waals surface area contributed by atoms with Gasteiger partial charge in [0.1, 0.15) is 5.82 Å². The molecule has 1 heterocycles. The third-order valence-electron chi connectivity index (χ3n) is 4.66. The number of rotatable bonds is 4. The molecule has 0 saturated carbocycles. The monoisotopic (exact) mass is 396 g/mol. The van der Waals surface area contributed by atoms with Gasteiger partial charge in [0.15, 0.2) is 0 Å². The van der Waals surface area contributed by atoms with E-state index in [2.05, 4.69) is 4.72 Å². The molecule has 3 aromatic rings. The number of sulfonamides is 1. The Bertz CT molecular complexity index is 1140. The van der Waals surface area contributed by atoms with Crippen LogP contribution in [-0.2, 0) is 16.4 Å². The van der Waals surface area contributed by atoms with E-state index in [-0.39, 0.29) is 16.5 Å². The highest BCUT2D eigenvalue weighted by Gasteiger charge is 2.25. The highest BCUT2D eigenvalue weighted by Crippen LogP contribution is 2.29. The lowest BCUT2D eigenvalue weighted by molar-refractivity contribution is 0.0989.